The van der Waals surface area contributed by atoms with Gasteiger partial charge in [0.15, 0.2) is 18.1 Å². The summed E-state index contributed by atoms with van der Waals surface area (Å²) in [6.45, 7) is 5.21. The van der Waals surface area contributed by atoms with Crippen LogP contribution in [0, 0.1) is 28.6 Å². The van der Waals surface area contributed by atoms with Gasteiger partial charge in [0.05, 0.1) is 11.1 Å². The van der Waals surface area contributed by atoms with Crippen LogP contribution >= 0.6 is 11.6 Å². The summed E-state index contributed by atoms with van der Waals surface area (Å²) in [5, 5.41) is 22.7. The topological polar surface area (TPSA) is 101 Å². The molecule has 6 nitrogen and oxygen atoms in total. The average molecular weight is 487 g/mol. The van der Waals surface area contributed by atoms with Gasteiger partial charge in [-0.15, -0.1) is 0 Å². The number of fused-ring (bicyclic) bond motifs is 5. The van der Waals surface area contributed by atoms with Gasteiger partial charge in [-0.2, -0.15) is 0 Å². The standard InChI is InChI=1S/C24H29ClF2O6/c1-11-5-13-14-6-17(26)15-7-18(29)16(25)8-21(15,3)23(14,27)19(30)9-22(13,4)24(11,32)20(31)10-33-12(2)28/h7-8,11,13-14,17,19,30,32H,5-6,9-10H2,1-4H3/t11-,13-,14-,17-,19-,21-,22-,23-,24-/m0/s1. The second-order valence-corrected chi connectivity index (χ2v) is 11.0. The molecule has 4 aliphatic carbocycles. The van der Waals surface area contributed by atoms with Crippen molar-refractivity contribution < 1.29 is 38.1 Å². The second kappa shape index (κ2) is 7.43. The molecule has 3 saturated carbocycles. The maximum Gasteiger partial charge on any atom is 0.303 e. The molecule has 0 aromatic rings. The largest absolute Gasteiger partial charge is 0.458 e. The van der Waals surface area contributed by atoms with Gasteiger partial charge in [-0.3, -0.25) is 14.4 Å². The minimum Gasteiger partial charge on any atom is -0.458 e. The van der Waals surface area contributed by atoms with Crippen LogP contribution in [-0.4, -0.2) is 57.9 Å². The first-order chi connectivity index (χ1) is 15.1. The first-order valence-electron chi connectivity index (χ1n) is 11.2. The quantitative estimate of drug-likeness (QED) is 0.595. The Morgan fingerprint density at radius 2 is 1.91 bits per heavy atom. The number of hydrogen-bond acceptors (Lipinski definition) is 6. The normalized spacial score (nSPS) is 48.8. The van der Waals surface area contributed by atoms with Crippen molar-refractivity contribution in [2.45, 2.75) is 70.5 Å². The van der Waals surface area contributed by atoms with Crippen molar-refractivity contribution >= 4 is 29.1 Å². The van der Waals surface area contributed by atoms with Crippen LogP contribution in [0.4, 0.5) is 8.78 Å². The van der Waals surface area contributed by atoms with Gasteiger partial charge >= 0.3 is 5.97 Å². The summed E-state index contributed by atoms with van der Waals surface area (Å²) in [6, 6.07) is 0. The molecule has 0 spiro atoms. The highest BCUT2D eigenvalue weighted by Crippen LogP contribution is 2.71. The van der Waals surface area contributed by atoms with Crippen molar-refractivity contribution in [2.24, 2.45) is 28.6 Å². The third kappa shape index (κ3) is 2.93. The highest BCUT2D eigenvalue weighted by molar-refractivity contribution is 6.44. The Balaban J connectivity index is 1.81. The molecular weight excluding hydrogens is 458 g/mol. The molecule has 0 aromatic carbocycles. The van der Waals surface area contributed by atoms with Crippen LogP contribution in [0.5, 0.6) is 0 Å². The number of alkyl halides is 2. The van der Waals surface area contributed by atoms with E-state index >= 15 is 8.78 Å². The smallest absolute Gasteiger partial charge is 0.303 e. The summed E-state index contributed by atoms with van der Waals surface area (Å²) in [5.41, 5.74) is -7.35. The molecular formula is C24H29ClF2O6. The first kappa shape index (κ1) is 24.5. The predicted molar refractivity (Wildman–Crippen MR) is 115 cm³/mol. The summed E-state index contributed by atoms with van der Waals surface area (Å²) in [6.07, 6.45) is -1.43. The molecule has 0 aromatic heterocycles. The highest BCUT2D eigenvalue weighted by atomic mass is 35.5. The predicted octanol–water partition coefficient (Wildman–Crippen LogP) is 2.98. The SMILES string of the molecule is CC(=O)OCC(=O)[C@@]1(O)[C@@H](C)C[C@H]2[C@@H]3C[C@H](F)C4=CC(=O)C(Cl)=C[C@]4(C)[C@@]3(F)[C@@H](O)C[C@@]21C. The van der Waals surface area contributed by atoms with Crippen molar-refractivity contribution in [3.05, 3.63) is 22.8 Å². The van der Waals surface area contributed by atoms with E-state index in [1.807, 2.05) is 0 Å². The molecule has 0 amide bonds. The number of carbonyl (C=O) groups is 3. The molecule has 9 heteroatoms. The Labute approximate surface area is 196 Å². The number of ether oxygens (including phenoxy) is 1. The number of aliphatic hydroxyl groups excluding tert-OH is 1. The van der Waals surface area contributed by atoms with Crippen LogP contribution < -0.4 is 0 Å². The van der Waals surface area contributed by atoms with E-state index in [0.717, 1.165) is 13.0 Å². The van der Waals surface area contributed by atoms with Gasteiger partial charge < -0.3 is 14.9 Å². The van der Waals surface area contributed by atoms with E-state index in [4.69, 9.17) is 16.3 Å². The Morgan fingerprint density at radius 1 is 1.27 bits per heavy atom. The molecule has 3 fully saturated rings. The van der Waals surface area contributed by atoms with Gasteiger partial charge in [0.25, 0.3) is 0 Å². The number of allylic oxidation sites excluding steroid dienone is 4. The number of aliphatic hydroxyl groups is 2. The molecule has 0 aliphatic heterocycles. The molecule has 2 N–H and O–H groups in total. The van der Waals surface area contributed by atoms with Crippen LogP contribution in [0.25, 0.3) is 0 Å². The molecule has 0 radical (unpaired) electrons. The maximum atomic E-state index is 17.1. The molecule has 0 saturated heterocycles. The number of Topliss-reactive ketones (excluding diaryl/α,β-unsaturated/α-hetero) is 1. The van der Waals surface area contributed by atoms with Crippen LogP contribution in [0.15, 0.2) is 22.8 Å². The molecule has 0 bridgehead atoms. The molecule has 182 valence electrons. The average Bonchev–Trinajstić information content (AvgIpc) is 2.92. The third-order valence-corrected chi connectivity index (χ3v) is 9.40. The van der Waals surface area contributed by atoms with E-state index in [1.54, 1.807) is 13.8 Å². The molecule has 4 aliphatic rings. The van der Waals surface area contributed by atoms with E-state index in [1.165, 1.54) is 13.0 Å². The van der Waals surface area contributed by atoms with Crippen LogP contribution in [0.2, 0.25) is 0 Å². The summed E-state index contributed by atoms with van der Waals surface area (Å²) >= 11 is 6.04. The molecule has 4 rings (SSSR count). The Kier molecular flexibility index (Phi) is 5.51. The number of ketones is 2. The Hall–Kier alpha value is -1.64. The molecule has 9 atom stereocenters. The highest BCUT2D eigenvalue weighted by Gasteiger charge is 2.76. The summed E-state index contributed by atoms with van der Waals surface area (Å²) < 4.78 is 37.4. The second-order valence-electron chi connectivity index (χ2n) is 10.6. The van der Waals surface area contributed by atoms with E-state index < -0.39 is 76.3 Å². The maximum absolute atomic E-state index is 17.1. The third-order valence-electron chi connectivity index (χ3n) is 9.10. The monoisotopic (exact) mass is 486 g/mol. The number of halogens is 3. The lowest BCUT2D eigenvalue weighted by atomic mass is 9.44. The van der Waals surface area contributed by atoms with Crippen LogP contribution in [0.1, 0.15) is 47.0 Å². The van der Waals surface area contributed by atoms with E-state index in [-0.39, 0.29) is 29.9 Å². The fourth-order valence-corrected chi connectivity index (χ4v) is 7.74. The summed E-state index contributed by atoms with van der Waals surface area (Å²) in [7, 11) is 0. The lowest BCUT2D eigenvalue weighted by molar-refractivity contribution is -0.224. The van der Waals surface area contributed by atoms with Gasteiger partial charge in [0, 0.05) is 23.7 Å². The molecule has 33 heavy (non-hydrogen) atoms. The number of hydrogen-bond donors (Lipinski definition) is 2. The van der Waals surface area contributed by atoms with E-state index in [0.29, 0.717) is 0 Å². The minimum absolute atomic E-state index is 0.0504. The summed E-state index contributed by atoms with van der Waals surface area (Å²) in [5.74, 6) is -4.34. The summed E-state index contributed by atoms with van der Waals surface area (Å²) in [4.78, 5) is 36.4. The fraction of sp³-hybridized carbons (Fsp3) is 0.708. The number of esters is 1. The van der Waals surface area contributed by atoms with Crippen molar-refractivity contribution in [1.82, 2.24) is 0 Å². The Morgan fingerprint density at radius 3 is 2.52 bits per heavy atom. The van der Waals surface area contributed by atoms with Gasteiger partial charge in [0.1, 0.15) is 11.8 Å². The van der Waals surface area contributed by atoms with Crippen LogP contribution in [-0.2, 0) is 19.1 Å². The van der Waals surface area contributed by atoms with Crippen molar-refractivity contribution in [2.75, 3.05) is 6.61 Å². The number of rotatable bonds is 3. The van der Waals surface area contributed by atoms with E-state index in [2.05, 4.69) is 0 Å². The molecule has 0 unspecified atom stereocenters. The molecule has 0 heterocycles. The van der Waals surface area contributed by atoms with E-state index in [9.17, 15) is 24.6 Å². The van der Waals surface area contributed by atoms with Crippen molar-refractivity contribution in [3.8, 4) is 0 Å². The first-order valence-corrected chi connectivity index (χ1v) is 11.6. The number of carbonyl (C=O) groups excluding carboxylic acids is 3. The van der Waals surface area contributed by atoms with Gasteiger partial charge in [0.2, 0.25) is 5.78 Å². The van der Waals surface area contributed by atoms with Crippen LogP contribution in [0.3, 0.4) is 0 Å². The van der Waals surface area contributed by atoms with Crippen molar-refractivity contribution in [1.29, 1.82) is 0 Å². The van der Waals surface area contributed by atoms with Gasteiger partial charge in [-0.05, 0) is 55.7 Å². The van der Waals surface area contributed by atoms with Crippen molar-refractivity contribution in [3.63, 3.8) is 0 Å². The lowest BCUT2D eigenvalue weighted by Gasteiger charge is -2.63. The fourth-order valence-electron chi connectivity index (χ4n) is 7.47. The zero-order valence-corrected chi connectivity index (χ0v) is 19.8. The minimum atomic E-state index is -2.36. The van der Waals surface area contributed by atoms with Gasteiger partial charge in [-0.1, -0.05) is 25.4 Å². The lowest BCUT2D eigenvalue weighted by Crippen LogP contribution is -2.70. The zero-order chi connectivity index (χ0) is 24.7. The van der Waals surface area contributed by atoms with Gasteiger partial charge in [-0.25, -0.2) is 8.78 Å². The zero-order valence-electron chi connectivity index (χ0n) is 19.0. The Bertz CT molecular complexity index is 995.